The molecule has 1 aliphatic carbocycles. The fraction of sp³-hybridized carbons (Fsp3) is 0.500. The lowest BCUT2D eigenvalue weighted by Crippen LogP contribution is -2.30. The minimum Gasteiger partial charge on any atom is -0.477 e. The number of methoxy groups -OCH3 is 1. The number of ether oxygens (including phenoxy) is 1. The highest BCUT2D eigenvalue weighted by Gasteiger charge is 2.28. The number of carboxylic acids is 1. The summed E-state index contributed by atoms with van der Waals surface area (Å²) in [5.41, 5.74) is 0.720. The zero-order valence-corrected chi connectivity index (χ0v) is 12.7. The van der Waals surface area contributed by atoms with Crippen LogP contribution in [0.3, 0.4) is 0 Å². The molecule has 7 heteroatoms. The van der Waals surface area contributed by atoms with Crippen molar-refractivity contribution >= 4 is 33.3 Å². The van der Waals surface area contributed by atoms with E-state index in [0.717, 1.165) is 30.2 Å². The first-order valence-corrected chi connectivity index (χ1v) is 7.70. The van der Waals surface area contributed by atoms with Crippen LogP contribution in [0.5, 0.6) is 0 Å². The van der Waals surface area contributed by atoms with Crippen molar-refractivity contribution in [1.82, 2.24) is 9.97 Å². The van der Waals surface area contributed by atoms with Crippen LogP contribution in [0.2, 0.25) is 0 Å². The molecule has 0 saturated heterocycles. The van der Waals surface area contributed by atoms with Crippen molar-refractivity contribution in [2.24, 2.45) is 0 Å². The second-order valence-electron chi connectivity index (χ2n) is 5.22. The van der Waals surface area contributed by atoms with E-state index >= 15 is 0 Å². The van der Waals surface area contributed by atoms with Crippen LogP contribution in [0.25, 0.3) is 10.2 Å². The summed E-state index contributed by atoms with van der Waals surface area (Å²) in [5.74, 6) is -0.215. The van der Waals surface area contributed by atoms with Gasteiger partial charge < -0.3 is 15.2 Å². The lowest BCUT2D eigenvalue weighted by molar-refractivity contribution is 0.0701. The van der Waals surface area contributed by atoms with Gasteiger partial charge in [-0.25, -0.2) is 14.8 Å². The van der Waals surface area contributed by atoms with E-state index in [1.165, 1.54) is 17.7 Å². The van der Waals surface area contributed by atoms with Gasteiger partial charge in [0.2, 0.25) is 0 Å². The summed E-state index contributed by atoms with van der Waals surface area (Å²) in [4.78, 5) is 20.8. The summed E-state index contributed by atoms with van der Waals surface area (Å²) in [6.45, 7) is 1.80. The largest absolute Gasteiger partial charge is 0.477 e. The topological polar surface area (TPSA) is 84.3 Å². The molecule has 0 spiro atoms. The van der Waals surface area contributed by atoms with Crippen molar-refractivity contribution in [3.63, 3.8) is 0 Å². The Morgan fingerprint density at radius 2 is 2.29 bits per heavy atom. The van der Waals surface area contributed by atoms with Crippen LogP contribution < -0.4 is 5.32 Å². The van der Waals surface area contributed by atoms with Crippen LogP contribution in [0.1, 0.15) is 34.5 Å². The predicted molar refractivity (Wildman–Crippen MR) is 81.2 cm³/mol. The maximum Gasteiger partial charge on any atom is 0.346 e. The third kappa shape index (κ3) is 2.47. The minimum absolute atomic E-state index is 0.174. The third-order valence-corrected chi connectivity index (χ3v) is 5.19. The molecule has 2 atom stereocenters. The number of thiophene rings is 1. The summed E-state index contributed by atoms with van der Waals surface area (Å²) in [5, 5.41) is 13.5. The fourth-order valence-electron chi connectivity index (χ4n) is 2.93. The molecular formula is C14H17N3O3S. The summed E-state index contributed by atoms with van der Waals surface area (Å²) >= 11 is 1.19. The van der Waals surface area contributed by atoms with Crippen LogP contribution in [0.15, 0.2) is 6.33 Å². The summed E-state index contributed by atoms with van der Waals surface area (Å²) in [7, 11) is 1.72. The molecule has 2 unspecified atom stereocenters. The van der Waals surface area contributed by atoms with E-state index in [4.69, 9.17) is 4.74 Å². The molecule has 0 bridgehead atoms. The maximum absolute atomic E-state index is 11.3. The lowest BCUT2D eigenvalue weighted by atomic mass is 10.1. The summed E-state index contributed by atoms with van der Waals surface area (Å²) in [6, 6.07) is 0.209. The van der Waals surface area contributed by atoms with E-state index in [1.54, 1.807) is 14.0 Å². The second-order valence-corrected chi connectivity index (χ2v) is 6.22. The number of aromatic nitrogens is 2. The molecule has 2 N–H and O–H groups in total. The molecule has 112 valence electrons. The van der Waals surface area contributed by atoms with E-state index in [-0.39, 0.29) is 12.1 Å². The molecule has 1 aliphatic rings. The Morgan fingerprint density at radius 3 is 3.00 bits per heavy atom. The number of fused-ring (bicyclic) bond motifs is 1. The van der Waals surface area contributed by atoms with Gasteiger partial charge in [-0.15, -0.1) is 11.3 Å². The van der Waals surface area contributed by atoms with Gasteiger partial charge in [0.05, 0.1) is 17.5 Å². The summed E-state index contributed by atoms with van der Waals surface area (Å²) < 4.78 is 5.48. The number of hydrogen-bond acceptors (Lipinski definition) is 6. The molecule has 2 heterocycles. The number of aryl methyl sites for hydroxylation is 1. The maximum atomic E-state index is 11.3. The predicted octanol–water partition coefficient (Wildman–Crippen LogP) is 2.68. The van der Waals surface area contributed by atoms with Crippen molar-refractivity contribution in [2.45, 2.75) is 38.3 Å². The monoisotopic (exact) mass is 307 g/mol. The number of nitrogens with one attached hydrogen (secondary N) is 1. The van der Waals surface area contributed by atoms with Crippen molar-refractivity contribution in [2.75, 3.05) is 12.4 Å². The molecule has 2 aromatic heterocycles. The molecule has 1 fully saturated rings. The molecule has 3 rings (SSSR count). The van der Waals surface area contributed by atoms with E-state index in [1.807, 2.05) is 0 Å². The molecular weight excluding hydrogens is 290 g/mol. The Bertz CT molecular complexity index is 685. The Morgan fingerprint density at radius 1 is 1.48 bits per heavy atom. The van der Waals surface area contributed by atoms with E-state index in [0.29, 0.717) is 15.5 Å². The molecule has 0 aliphatic heterocycles. The molecule has 21 heavy (non-hydrogen) atoms. The van der Waals surface area contributed by atoms with Gasteiger partial charge in [-0.2, -0.15) is 0 Å². The summed E-state index contributed by atoms with van der Waals surface area (Å²) in [6.07, 6.45) is 4.83. The molecule has 0 radical (unpaired) electrons. The van der Waals surface area contributed by atoms with Crippen LogP contribution in [-0.2, 0) is 4.74 Å². The first-order valence-electron chi connectivity index (χ1n) is 6.88. The number of rotatable bonds is 4. The first-order chi connectivity index (χ1) is 10.1. The number of nitrogens with zero attached hydrogens (tertiary/aromatic N) is 2. The third-order valence-electron chi connectivity index (χ3n) is 4.00. The average molecular weight is 307 g/mol. The fourth-order valence-corrected chi connectivity index (χ4v) is 3.92. The zero-order chi connectivity index (χ0) is 15.0. The smallest absolute Gasteiger partial charge is 0.346 e. The second kappa shape index (κ2) is 5.57. The minimum atomic E-state index is -0.919. The van der Waals surface area contributed by atoms with Crippen LogP contribution in [-0.4, -0.2) is 40.3 Å². The first kappa shape index (κ1) is 14.2. The number of aromatic carboxylic acids is 1. The lowest BCUT2D eigenvalue weighted by Gasteiger charge is -2.20. The number of carbonyl (C=O) groups is 1. The van der Waals surface area contributed by atoms with E-state index in [9.17, 15) is 9.90 Å². The standard InChI is InChI=1S/C14H17N3O3S/c1-7-10-12(17-8-4-3-5-9(8)20-2)15-6-16-13(10)21-11(7)14(18)19/h6,8-9H,3-5H2,1-2H3,(H,18,19)(H,15,16,17). The average Bonchev–Trinajstić information content (AvgIpc) is 3.04. The van der Waals surface area contributed by atoms with Crippen LogP contribution >= 0.6 is 11.3 Å². The molecule has 6 nitrogen and oxygen atoms in total. The van der Waals surface area contributed by atoms with Gasteiger partial charge in [-0.1, -0.05) is 0 Å². The van der Waals surface area contributed by atoms with E-state index < -0.39 is 5.97 Å². The van der Waals surface area contributed by atoms with Crippen molar-refractivity contribution in [3.05, 3.63) is 16.8 Å². The number of hydrogen-bond donors (Lipinski definition) is 2. The Hall–Kier alpha value is -1.73. The SMILES string of the molecule is COC1CCCC1Nc1ncnc2sc(C(=O)O)c(C)c12. The molecule has 0 amide bonds. The van der Waals surface area contributed by atoms with Crippen molar-refractivity contribution in [3.8, 4) is 0 Å². The van der Waals surface area contributed by atoms with Gasteiger partial charge in [0.15, 0.2) is 0 Å². The van der Waals surface area contributed by atoms with Gasteiger partial charge in [-0.3, -0.25) is 0 Å². The van der Waals surface area contributed by atoms with Gasteiger partial charge >= 0.3 is 5.97 Å². The molecule has 2 aromatic rings. The number of anilines is 1. The van der Waals surface area contributed by atoms with Crippen LogP contribution in [0, 0.1) is 6.92 Å². The zero-order valence-electron chi connectivity index (χ0n) is 11.9. The highest BCUT2D eigenvalue weighted by molar-refractivity contribution is 7.20. The van der Waals surface area contributed by atoms with Crippen LogP contribution in [0.4, 0.5) is 5.82 Å². The molecule has 1 saturated carbocycles. The normalized spacial score (nSPS) is 21.8. The Labute approximate surface area is 126 Å². The van der Waals surface area contributed by atoms with Crippen molar-refractivity contribution in [1.29, 1.82) is 0 Å². The molecule has 0 aromatic carbocycles. The Kier molecular flexibility index (Phi) is 3.77. The van der Waals surface area contributed by atoms with Gasteiger partial charge in [0.25, 0.3) is 0 Å². The van der Waals surface area contributed by atoms with Gasteiger partial charge in [0.1, 0.15) is 21.9 Å². The number of carboxylic acid groups (broad SMARTS) is 1. The highest BCUT2D eigenvalue weighted by atomic mass is 32.1. The highest BCUT2D eigenvalue weighted by Crippen LogP contribution is 2.34. The quantitative estimate of drug-likeness (QED) is 0.903. The Balaban J connectivity index is 2.00. The van der Waals surface area contributed by atoms with Gasteiger partial charge in [-0.05, 0) is 31.7 Å². The van der Waals surface area contributed by atoms with Gasteiger partial charge in [0, 0.05) is 7.11 Å². The van der Waals surface area contributed by atoms with Crippen molar-refractivity contribution < 1.29 is 14.6 Å². The van der Waals surface area contributed by atoms with E-state index in [2.05, 4.69) is 15.3 Å².